The first-order valence-corrected chi connectivity index (χ1v) is 5.38. The molecule has 1 rings (SSSR count). The first-order valence-electron chi connectivity index (χ1n) is 5.38. The van der Waals surface area contributed by atoms with E-state index in [-0.39, 0.29) is 5.54 Å². The van der Waals surface area contributed by atoms with Crippen molar-refractivity contribution < 1.29 is 0 Å². The van der Waals surface area contributed by atoms with Crippen LogP contribution >= 0.6 is 0 Å². The molecule has 0 aliphatic heterocycles. The molecule has 1 nitrogen and oxygen atoms in total. The van der Waals surface area contributed by atoms with E-state index in [0.29, 0.717) is 0 Å². The van der Waals surface area contributed by atoms with Crippen LogP contribution in [0, 0.1) is 17.8 Å². The zero-order chi connectivity index (χ0) is 10.1. The molecule has 76 valence electrons. The van der Waals surface area contributed by atoms with Crippen LogP contribution in [-0.4, -0.2) is 5.54 Å². The van der Waals surface area contributed by atoms with Crippen LogP contribution in [0.25, 0.3) is 0 Å². The van der Waals surface area contributed by atoms with Gasteiger partial charge in [0.15, 0.2) is 0 Å². The molecule has 0 bridgehead atoms. The van der Waals surface area contributed by atoms with Crippen LogP contribution in [0.2, 0.25) is 0 Å². The lowest BCUT2D eigenvalue weighted by atomic mass is 9.89. The maximum atomic E-state index is 5.92. The molecule has 0 aromatic carbocycles. The monoisotopic (exact) mass is 181 g/mol. The summed E-state index contributed by atoms with van der Waals surface area (Å²) in [6, 6.07) is 0. The van der Waals surface area contributed by atoms with Gasteiger partial charge in [0.1, 0.15) is 0 Å². The smallest absolute Gasteiger partial charge is 0.0281 e. The second-order valence-corrected chi connectivity index (χ2v) is 5.29. The van der Waals surface area contributed by atoms with Gasteiger partial charge in [0, 0.05) is 5.54 Å². The van der Waals surface area contributed by atoms with E-state index in [4.69, 9.17) is 5.73 Å². The van der Waals surface area contributed by atoms with Crippen LogP contribution in [0.15, 0.2) is 12.2 Å². The highest BCUT2D eigenvalue weighted by molar-refractivity contribution is 5.04. The van der Waals surface area contributed by atoms with Gasteiger partial charge in [0.05, 0.1) is 0 Å². The van der Waals surface area contributed by atoms with Crippen molar-refractivity contribution in [2.24, 2.45) is 23.5 Å². The number of nitrogens with two attached hydrogens (primary N) is 1. The normalized spacial score (nSPS) is 35.9. The molecular weight excluding hydrogens is 158 g/mol. The molecule has 0 amide bonds. The van der Waals surface area contributed by atoms with Gasteiger partial charge < -0.3 is 5.73 Å². The molecule has 0 aromatic rings. The summed E-state index contributed by atoms with van der Waals surface area (Å²) < 4.78 is 0. The fourth-order valence-corrected chi connectivity index (χ4v) is 2.21. The van der Waals surface area contributed by atoms with Crippen LogP contribution in [0.5, 0.6) is 0 Å². The Labute approximate surface area is 82.4 Å². The lowest BCUT2D eigenvalue weighted by molar-refractivity contribution is 0.422. The molecule has 2 N–H and O–H groups in total. The average Bonchev–Trinajstić information content (AvgIpc) is 2.27. The van der Waals surface area contributed by atoms with Gasteiger partial charge in [0.2, 0.25) is 0 Å². The predicted molar refractivity (Wildman–Crippen MR) is 58.5 cm³/mol. The zero-order valence-corrected chi connectivity index (χ0v) is 9.38. The van der Waals surface area contributed by atoms with Gasteiger partial charge in [-0.2, -0.15) is 0 Å². The fourth-order valence-electron chi connectivity index (χ4n) is 2.21. The van der Waals surface area contributed by atoms with Crippen LogP contribution in [0.3, 0.4) is 0 Å². The average molecular weight is 181 g/mol. The van der Waals surface area contributed by atoms with E-state index in [2.05, 4.69) is 26.0 Å². The molecular formula is C12H23N. The van der Waals surface area contributed by atoms with Crippen molar-refractivity contribution in [2.45, 2.75) is 46.1 Å². The van der Waals surface area contributed by atoms with Crippen molar-refractivity contribution in [3.8, 4) is 0 Å². The maximum absolute atomic E-state index is 5.92. The Hall–Kier alpha value is -0.300. The van der Waals surface area contributed by atoms with Gasteiger partial charge in [-0.25, -0.2) is 0 Å². The molecule has 2 atom stereocenters. The highest BCUT2D eigenvalue weighted by Gasteiger charge is 2.28. The predicted octanol–water partition coefficient (Wildman–Crippen LogP) is 2.96. The molecule has 0 saturated heterocycles. The third kappa shape index (κ3) is 3.15. The van der Waals surface area contributed by atoms with Crippen molar-refractivity contribution in [1.29, 1.82) is 0 Å². The molecule has 1 fully saturated rings. The van der Waals surface area contributed by atoms with Gasteiger partial charge >= 0.3 is 0 Å². The number of allylic oxidation sites excluding steroid dienone is 1. The van der Waals surface area contributed by atoms with Crippen molar-refractivity contribution in [3.63, 3.8) is 0 Å². The Morgan fingerprint density at radius 3 is 2.00 bits per heavy atom. The molecule has 0 radical (unpaired) electrons. The Bertz CT molecular complexity index is 178. The molecule has 13 heavy (non-hydrogen) atoms. The minimum Gasteiger partial charge on any atom is -0.322 e. The van der Waals surface area contributed by atoms with Crippen molar-refractivity contribution in [3.05, 3.63) is 12.2 Å². The van der Waals surface area contributed by atoms with E-state index in [9.17, 15) is 0 Å². The van der Waals surface area contributed by atoms with Crippen molar-refractivity contribution >= 4 is 0 Å². The topological polar surface area (TPSA) is 26.0 Å². The van der Waals surface area contributed by atoms with E-state index < -0.39 is 0 Å². The third-order valence-electron chi connectivity index (χ3n) is 3.14. The SMILES string of the molecule is CC1CCC(C)C1C=CC(C)(C)N. The maximum Gasteiger partial charge on any atom is 0.0281 e. The Morgan fingerprint density at radius 2 is 1.62 bits per heavy atom. The van der Waals surface area contributed by atoms with E-state index in [0.717, 1.165) is 17.8 Å². The van der Waals surface area contributed by atoms with Gasteiger partial charge in [-0.3, -0.25) is 0 Å². The van der Waals surface area contributed by atoms with Crippen LogP contribution in [-0.2, 0) is 0 Å². The molecule has 0 aromatic heterocycles. The summed E-state index contributed by atoms with van der Waals surface area (Å²) >= 11 is 0. The third-order valence-corrected chi connectivity index (χ3v) is 3.14. The fraction of sp³-hybridized carbons (Fsp3) is 0.833. The Kier molecular flexibility index (Phi) is 3.18. The van der Waals surface area contributed by atoms with Gasteiger partial charge in [0.25, 0.3) is 0 Å². The molecule has 1 aliphatic rings. The lowest BCUT2D eigenvalue weighted by Gasteiger charge is -2.18. The quantitative estimate of drug-likeness (QED) is 0.651. The first kappa shape index (κ1) is 10.8. The molecule has 1 heteroatoms. The second kappa shape index (κ2) is 3.83. The van der Waals surface area contributed by atoms with Crippen LogP contribution < -0.4 is 5.73 Å². The summed E-state index contributed by atoms with van der Waals surface area (Å²) in [5.74, 6) is 2.44. The second-order valence-electron chi connectivity index (χ2n) is 5.29. The standard InChI is InChI=1S/C12H23N/c1-9-5-6-10(2)11(9)7-8-12(3,4)13/h7-11H,5-6,13H2,1-4H3. The number of rotatable bonds is 2. The number of hydrogen-bond acceptors (Lipinski definition) is 1. The molecule has 1 saturated carbocycles. The Balaban J connectivity index is 2.57. The van der Waals surface area contributed by atoms with Crippen LogP contribution in [0.1, 0.15) is 40.5 Å². The van der Waals surface area contributed by atoms with Gasteiger partial charge in [-0.05, 0) is 44.4 Å². The summed E-state index contributed by atoms with van der Waals surface area (Å²) in [7, 11) is 0. The van der Waals surface area contributed by atoms with Crippen molar-refractivity contribution in [2.75, 3.05) is 0 Å². The lowest BCUT2D eigenvalue weighted by Crippen LogP contribution is -2.29. The largest absolute Gasteiger partial charge is 0.322 e. The summed E-state index contributed by atoms with van der Waals surface area (Å²) in [5.41, 5.74) is 5.77. The van der Waals surface area contributed by atoms with E-state index in [1.165, 1.54) is 12.8 Å². The summed E-state index contributed by atoms with van der Waals surface area (Å²) in [6.45, 7) is 8.80. The summed E-state index contributed by atoms with van der Waals surface area (Å²) in [6.07, 6.45) is 7.25. The molecule has 0 spiro atoms. The van der Waals surface area contributed by atoms with Crippen LogP contribution in [0.4, 0.5) is 0 Å². The summed E-state index contributed by atoms with van der Waals surface area (Å²) in [5, 5.41) is 0. The van der Waals surface area contributed by atoms with E-state index >= 15 is 0 Å². The van der Waals surface area contributed by atoms with Gasteiger partial charge in [-0.1, -0.05) is 26.0 Å². The minimum absolute atomic E-state index is 0.151. The zero-order valence-electron chi connectivity index (χ0n) is 9.38. The molecule has 1 aliphatic carbocycles. The minimum atomic E-state index is -0.151. The summed E-state index contributed by atoms with van der Waals surface area (Å²) in [4.78, 5) is 0. The first-order chi connectivity index (χ1) is 5.90. The van der Waals surface area contributed by atoms with E-state index in [1.807, 2.05) is 13.8 Å². The highest BCUT2D eigenvalue weighted by Crippen LogP contribution is 2.37. The van der Waals surface area contributed by atoms with E-state index in [1.54, 1.807) is 0 Å². The Morgan fingerprint density at radius 1 is 1.15 bits per heavy atom. The molecule has 2 unspecified atom stereocenters. The molecule has 0 heterocycles. The highest BCUT2D eigenvalue weighted by atomic mass is 14.7. The number of hydrogen-bond donors (Lipinski definition) is 1. The van der Waals surface area contributed by atoms with Gasteiger partial charge in [-0.15, -0.1) is 0 Å². The van der Waals surface area contributed by atoms with Crippen molar-refractivity contribution in [1.82, 2.24) is 0 Å².